The maximum absolute atomic E-state index is 13.7. The number of amides is 2. The van der Waals surface area contributed by atoms with Crippen molar-refractivity contribution >= 4 is 22.7 Å². The Morgan fingerprint density at radius 3 is 2.63 bits per heavy atom. The molecule has 1 unspecified atom stereocenters. The van der Waals surface area contributed by atoms with E-state index in [1.807, 2.05) is 13.0 Å². The SMILES string of the molecule is Cc1c2c(cc(C(C)N3CCNCC3)c1-c1n[nH]c3cc(F)ccc13)C(=O)NC2=O. The fourth-order valence-corrected chi connectivity index (χ4v) is 4.64. The summed E-state index contributed by atoms with van der Waals surface area (Å²) in [6, 6.07) is 6.35. The quantitative estimate of drug-likeness (QED) is 0.581. The Hall–Kier alpha value is -3.10. The smallest absolute Gasteiger partial charge is 0.259 e. The third-order valence-corrected chi connectivity index (χ3v) is 6.22. The molecule has 8 heteroatoms. The number of piperazine rings is 1. The first kappa shape index (κ1) is 18.9. The van der Waals surface area contributed by atoms with E-state index in [0.717, 1.165) is 42.7 Å². The highest BCUT2D eigenvalue weighted by Gasteiger charge is 2.34. The van der Waals surface area contributed by atoms with Gasteiger partial charge in [-0.2, -0.15) is 5.10 Å². The Kier molecular flexibility index (Phi) is 4.41. The summed E-state index contributed by atoms with van der Waals surface area (Å²) in [4.78, 5) is 27.2. The van der Waals surface area contributed by atoms with E-state index >= 15 is 0 Å². The summed E-state index contributed by atoms with van der Waals surface area (Å²) in [5.74, 6) is -1.10. The molecule has 1 saturated heterocycles. The molecule has 0 spiro atoms. The molecule has 3 N–H and O–H groups in total. The molecular weight excluding hydrogens is 385 g/mol. The lowest BCUT2D eigenvalue weighted by Crippen LogP contribution is -2.44. The van der Waals surface area contributed by atoms with Gasteiger partial charge in [0, 0.05) is 43.2 Å². The van der Waals surface area contributed by atoms with Gasteiger partial charge < -0.3 is 5.32 Å². The van der Waals surface area contributed by atoms with Crippen molar-refractivity contribution in [1.29, 1.82) is 0 Å². The summed E-state index contributed by atoms with van der Waals surface area (Å²) >= 11 is 0. The first-order valence-corrected chi connectivity index (χ1v) is 10.1. The van der Waals surface area contributed by atoms with Crippen molar-refractivity contribution in [3.8, 4) is 11.3 Å². The van der Waals surface area contributed by atoms with Crippen LogP contribution in [0.15, 0.2) is 24.3 Å². The molecule has 0 aliphatic carbocycles. The van der Waals surface area contributed by atoms with Gasteiger partial charge in [-0.3, -0.25) is 24.9 Å². The fourth-order valence-electron chi connectivity index (χ4n) is 4.64. The van der Waals surface area contributed by atoms with E-state index in [1.54, 1.807) is 6.07 Å². The number of imide groups is 1. The zero-order valence-electron chi connectivity index (χ0n) is 16.8. The highest BCUT2D eigenvalue weighted by atomic mass is 19.1. The van der Waals surface area contributed by atoms with E-state index in [1.165, 1.54) is 12.1 Å². The third kappa shape index (κ3) is 2.83. The van der Waals surface area contributed by atoms with Crippen molar-refractivity contribution in [3.05, 3.63) is 52.3 Å². The topological polar surface area (TPSA) is 90.1 Å². The van der Waals surface area contributed by atoms with E-state index in [-0.39, 0.29) is 23.7 Å². The van der Waals surface area contributed by atoms with Crippen molar-refractivity contribution in [2.24, 2.45) is 0 Å². The number of hydrogen-bond acceptors (Lipinski definition) is 5. The van der Waals surface area contributed by atoms with E-state index in [4.69, 9.17) is 0 Å². The minimum Gasteiger partial charge on any atom is -0.314 e. The zero-order chi connectivity index (χ0) is 21.0. The van der Waals surface area contributed by atoms with Crippen molar-refractivity contribution in [1.82, 2.24) is 25.7 Å². The maximum atomic E-state index is 13.7. The number of fused-ring (bicyclic) bond motifs is 2. The Morgan fingerprint density at radius 2 is 1.87 bits per heavy atom. The fraction of sp³-hybridized carbons (Fsp3) is 0.318. The molecule has 2 aliphatic heterocycles. The van der Waals surface area contributed by atoms with Crippen molar-refractivity contribution in [2.45, 2.75) is 19.9 Å². The second kappa shape index (κ2) is 7.00. The number of H-pyrrole nitrogens is 1. The molecule has 3 aromatic rings. The standard InChI is InChI=1S/C22H22FN5O2/c1-11-18(20-14-4-3-13(23)9-17(14)26-27-20)15(12(2)28-7-5-24-6-8-28)10-16-19(11)22(30)25-21(16)29/h3-4,9-10,12,24H,5-8H2,1-2H3,(H,26,27)(H,25,29,30). The van der Waals surface area contributed by atoms with Gasteiger partial charge in [-0.25, -0.2) is 4.39 Å². The molecule has 154 valence electrons. The monoisotopic (exact) mass is 407 g/mol. The maximum Gasteiger partial charge on any atom is 0.259 e. The lowest BCUT2D eigenvalue weighted by molar-refractivity contribution is 0.0879. The van der Waals surface area contributed by atoms with Crippen LogP contribution in [0, 0.1) is 12.7 Å². The lowest BCUT2D eigenvalue weighted by atomic mass is 9.87. The van der Waals surface area contributed by atoms with Crippen molar-refractivity contribution < 1.29 is 14.0 Å². The van der Waals surface area contributed by atoms with Gasteiger partial charge in [0.1, 0.15) is 11.5 Å². The van der Waals surface area contributed by atoms with Crippen LogP contribution >= 0.6 is 0 Å². The predicted octanol–water partition coefficient (Wildman–Crippen LogP) is 2.53. The van der Waals surface area contributed by atoms with Crippen molar-refractivity contribution in [2.75, 3.05) is 26.2 Å². The van der Waals surface area contributed by atoms with Gasteiger partial charge in [0.15, 0.2) is 0 Å². The Morgan fingerprint density at radius 1 is 1.10 bits per heavy atom. The molecular formula is C22H22FN5O2. The number of benzene rings is 2. The summed E-state index contributed by atoms with van der Waals surface area (Å²) in [5, 5.41) is 13.9. The minimum atomic E-state index is -0.388. The first-order valence-electron chi connectivity index (χ1n) is 10.1. The van der Waals surface area contributed by atoms with Crippen LogP contribution in [-0.2, 0) is 0 Å². The number of aromatic nitrogens is 2. The van der Waals surface area contributed by atoms with Gasteiger partial charge in [0.2, 0.25) is 0 Å². The summed E-state index contributed by atoms with van der Waals surface area (Å²) in [6.45, 7) is 7.52. The van der Waals surface area contributed by atoms with E-state index in [9.17, 15) is 14.0 Å². The molecule has 30 heavy (non-hydrogen) atoms. The van der Waals surface area contributed by atoms with Gasteiger partial charge in [0.05, 0.1) is 16.6 Å². The minimum absolute atomic E-state index is 0.0156. The van der Waals surface area contributed by atoms with Gasteiger partial charge in [-0.05, 0) is 49.2 Å². The molecule has 0 radical (unpaired) electrons. The van der Waals surface area contributed by atoms with Crippen LogP contribution in [0.3, 0.4) is 0 Å². The average molecular weight is 407 g/mol. The number of nitrogens with zero attached hydrogens (tertiary/aromatic N) is 2. The predicted molar refractivity (Wildman–Crippen MR) is 111 cm³/mol. The van der Waals surface area contributed by atoms with Crippen molar-refractivity contribution in [3.63, 3.8) is 0 Å². The van der Waals surface area contributed by atoms with Crippen LogP contribution < -0.4 is 10.6 Å². The largest absolute Gasteiger partial charge is 0.314 e. The molecule has 0 bridgehead atoms. The average Bonchev–Trinajstić information content (AvgIpc) is 3.27. The first-order chi connectivity index (χ1) is 14.5. The summed E-state index contributed by atoms with van der Waals surface area (Å²) < 4.78 is 13.7. The second-order valence-electron chi connectivity index (χ2n) is 7.90. The zero-order valence-corrected chi connectivity index (χ0v) is 16.8. The van der Waals surface area contributed by atoms with Crippen LogP contribution in [0.2, 0.25) is 0 Å². The van der Waals surface area contributed by atoms with Crippen LogP contribution in [0.5, 0.6) is 0 Å². The number of aromatic amines is 1. The molecule has 2 aromatic carbocycles. The Balaban J connectivity index is 1.76. The summed E-state index contributed by atoms with van der Waals surface area (Å²) in [5.41, 5.74) is 4.53. The second-order valence-corrected chi connectivity index (χ2v) is 7.90. The number of rotatable bonds is 3. The number of carbonyl (C=O) groups is 2. The molecule has 1 aromatic heterocycles. The molecule has 7 nitrogen and oxygen atoms in total. The van der Waals surface area contributed by atoms with Gasteiger partial charge in [-0.1, -0.05) is 0 Å². The highest BCUT2D eigenvalue weighted by molar-refractivity contribution is 6.23. The van der Waals surface area contributed by atoms with Gasteiger partial charge in [0.25, 0.3) is 11.8 Å². The number of nitrogens with one attached hydrogen (secondary N) is 3. The molecule has 1 atom stereocenters. The number of carbonyl (C=O) groups excluding carboxylic acids is 2. The molecule has 5 rings (SSSR count). The van der Waals surface area contributed by atoms with Crippen LogP contribution in [0.4, 0.5) is 4.39 Å². The number of hydrogen-bond donors (Lipinski definition) is 3. The van der Waals surface area contributed by atoms with E-state index in [0.29, 0.717) is 27.9 Å². The van der Waals surface area contributed by atoms with Gasteiger partial charge in [-0.15, -0.1) is 0 Å². The lowest BCUT2D eigenvalue weighted by Gasteiger charge is -2.34. The normalized spacial score (nSPS) is 18.0. The molecule has 2 aliphatic rings. The molecule has 0 saturated carbocycles. The highest BCUT2D eigenvalue weighted by Crippen LogP contribution is 2.40. The van der Waals surface area contributed by atoms with Crippen LogP contribution in [0.1, 0.15) is 44.8 Å². The van der Waals surface area contributed by atoms with Crippen LogP contribution in [-0.4, -0.2) is 53.1 Å². The third-order valence-electron chi connectivity index (χ3n) is 6.22. The van der Waals surface area contributed by atoms with E-state index < -0.39 is 0 Å². The molecule has 1 fully saturated rings. The van der Waals surface area contributed by atoms with Crippen LogP contribution in [0.25, 0.3) is 22.2 Å². The molecule has 3 heterocycles. The molecule has 2 amide bonds. The summed E-state index contributed by atoms with van der Waals surface area (Å²) in [6.07, 6.45) is 0. The van der Waals surface area contributed by atoms with Gasteiger partial charge >= 0.3 is 0 Å². The number of halogens is 1. The summed E-state index contributed by atoms with van der Waals surface area (Å²) in [7, 11) is 0. The Bertz CT molecular complexity index is 1200. The Labute approximate surface area is 172 Å². The van der Waals surface area contributed by atoms with E-state index in [2.05, 4.69) is 32.7 Å².